The number of rotatable bonds is 3. The van der Waals surface area contributed by atoms with E-state index in [4.69, 9.17) is 0 Å². The van der Waals surface area contributed by atoms with E-state index in [1.165, 1.54) is 34.4 Å². The molecule has 1 N–H and O–H groups in total. The molecular formula is C24H16FN3O3S. The number of para-hydroxylation sites is 1. The smallest absolute Gasteiger partial charge is 0.301 e. The minimum atomic E-state index is -0.922. The summed E-state index contributed by atoms with van der Waals surface area (Å²) in [6, 6.07) is 14.0. The fourth-order valence-electron chi connectivity index (χ4n) is 3.79. The maximum Gasteiger partial charge on any atom is 0.301 e. The quantitative estimate of drug-likeness (QED) is 0.279. The Labute approximate surface area is 186 Å². The van der Waals surface area contributed by atoms with Crippen LogP contribution in [0.5, 0.6) is 0 Å². The number of amides is 1. The van der Waals surface area contributed by atoms with Crippen molar-refractivity contribution in [3.63, 3.8) is 0 Å². The predicted molar refractivity (Wildman–Crippen MR) is 120 cm³/mol. The van der Waals surface area contributed by atoms with Gasteiger partial charge in [0.15, 0.2) is 5.13 Å². The minimum absolute atomic E-state index is 0.0896. The number of aliphatic hydroxyl groups is 1. The fourth-order valence-corrected chi connectivity index (χ4v) is 4.79. The van der Waals surface area contributed by atoms with E-state index in [1.54, 1.807) is 31.5 Å². The molecule has 8 heteroatoms. The first-order valence-corrected chi connectivity index (χ1v) is 10.6. The number of hydrogen-bond donors (Lipinski definition) is 1. The number of anilines is 1. The molecule has 2 aromatic heterocycles. The molecule has 158 valence electrons. The molecule has 4 aromatic rings. The highest BCUT2D eigenvalue weighted by molar-refractivity contribution is 7.22. The summed E-state index contributed by atoms with van der Waals surface area (Å²) in [5.41, 5.74) is 1.72. The van der Waals surface area contributed by atoms with Gasteiger partial charge in [0.05, 0.1) is 21.8 Å². The van der Waals surface area contributed by atoms with Crippen LogP contribution in [-0.4, -0.2) is 26.8 Å². The number of hydrogen-bond acceptors (Lipinski definition) is 6. The Balaban J connectivity index is 1.73. The molecule has 0 radical (unpaired) electrons. The second kappa shape index (κ2) is 7.65. The lowest BCUT2D eigenvalue weighted by molar-refractivity contribution is -0.132. The highest BCUT2D eigenvalue weighted by atomic mass is 32.1. The Bertz CT molecular complexity index is 1380. The van der Waals surface area contributed by atoms with Gasteiger partial charge in [0.25, 0.3) is 5.78 Å². The Morgan fingerprint density at radius 3 is 2.66 bits per heavy atom. The van der Waals surface area contributed by atoms with Crippen LogP contribution in [0, 0.1) is 12.7 Å². The first-order valence-electron chi connectivity index (χ1n) is 9.78. The third-order valence-corrected chi connectivity index (χ3v) is 6.40. The second-order valence-corrected chi connectivity index (χ2v) is 8.39. The Kier molecular flexibility index (Phi) is 4.79. The van der Waals surface area contributed by atoms with E-state index < -0.39 is 23.5 Å². The van der Waals surface area contributed by atoms with Crippen molar-refractivity contribution in [3.05, 3.63) is 95.1 Å². The topological polar surface area (TPSA) is 83.4 Å². The molecule has 1 amide bonds. The second-order valence-electron chi connectivity index (χ2n) is 7.38. The van der Waals surface area contributed by atoms with Crippen LogP contribution in [0.4, 0.5) is 9.52 Å². The summed E-state index contributed by atoms with van der Waals surface area (Å²) >= 11 is 1.28. The average Bonchev–Trinajstić information content (AvgIpc) is 3.34. The number of nitrogens with zero attached hydrogens (tertiary/aromatic N) is 3. The van der Waals surface area contributed by atoms with E-state index in [2.05, 4.69) is 9.97 Å². The van der Waals surface area contributed by atoms with Gasteiger partial charge in [0.1, 0.15) is 11.6 Å². The van der Waals surface area contributed by atoms with Crippen molar-refractivity contribution < 1.29 is 19.1 Å². The zero-order chi connectivity index (χ0) is 22.4. The lowest BCUT2D eigenvalue weighted by Gasteiger charge is -2.22. The standard InChI is InChI=1S/C24H16FN3O3S/c1-13-11-14(8-9-16(13)25)21(29)19-20(15-5-4-10-26-12-15)28(23(31)22(19)30)24-27-17-6-2-3-7-18(17)32-24/h2-12,20,29H,1H3/b21-19+. The van der Waals surface area contributed by atoms with Crippen molar-refractivity contribution in [3.8, 4) is 0 Å². The normalized spacial score (nSPS) is 17.9. The first-order chi connectivity index (χ1) is 15.5. The monoisotopic (exact) mass is 445 g/mol. The average molecular weight is 445 g/mol. The van der Waals surface area contributed by atoms with Crippen molar-refractivity contribution >= 4 is 44.1 Å². The zero-order valence-electron chi connectivity index (χ0n) is 16.8. The molecule has 1 unspecified atom stereocenters. The number of aliphatic hydroxyl groups excluding tert-OH is 1. The van der Waals surface area contributed by atoms with Crippen molar-refractivity contribution in [1.29, 1.82) is 0 Å². The lowest BCUT2D eigenvalue weighted by Crippen LogP contribution is -2.29. The molecule has 1 atom stereocenters. The van der Waals surface area contributed by atoms with Crippen LogP contribution in [0.15, 0.2) is 72.6 Å². The molecule has 0 aliphatic carbocycles. The van der Waals surface area contributed by atoms with E-state index in [9.17, 15) is 19.1 Å². The highest BCUT2D eigenvalue weighted by Crippen LogP contribution is 2.44. The van der Waals surface area contributed by atoms with Gasteiger partial charge in [-0.15, -0.1) is 0 Å². The van der Waals surface area contributed by atoms with Crippen molar-refractivity contribution in [2.75, 3.05) is 4.90 Å². The number of thiazole rings is 1. The van der Waals surface area contributed by atoms with E-state index >= 15 is 0 Å². The molecule has 2 aromatic carbocycles. The molecule has 5 rings (SSSR count). The Morgan fingerprint density at radius 1 is 1.12 bits per heavy atom. The SMILES string of the molecule is Cc1cc(/C(O)=C2\C(=O)C(=O)N(c3nc4ccccc4s3)C2c2cccnc2)ccc1F. The van der Waals surface area contributed by atoms with Crippen LogP contribution in [0.25, 0.3) is 16.0 Å². The molecular weight excluding hydrogens is 429 g/mol. The van der Waals surface area contributed by atoms with E-state index in [0.29, 0.717) is 21.8 Å². The van der Waals surface area contributed by atoms with Crippen LogP contribution < -0.4 is 4.90 Å². The molecule has 1 fully saturated rings. The molecule has 32 heavy (non-hydrogen) atoms. The summed E-state index contributed by atoms with van der Waals surface area (Å²) in [7, 11) is 0. The number of fused-ring (bicyclic) bond motifs is 1. The van der Waals surface area contributed by atoms with Crippen LogP contribution in [0.3, 0.4) is 0 Å². The fraction of sp³-hybridized carbons (Fsp3) is 0.0833. The van der Waals surface area contributed by atoms with Crippen molar-refractivity contribution in [2.45, 2.75) is 13.0 Å². The molecule has 0 bridgehead atoms. The van der Waals surface area contributed by atoms with Crippen LogP contribution >= 0.6 is 11.3 Å². The maximum absolute atomic E-state index is 13.8. The summed E-state index contributed by atoms with van der Waals surface area (Å²) in [5.74, 6) is -2.43. The van der Waals surface area contributed by atoms with Gasteiger partial charge >= 0.3 is 5.91 Å². The third-order valence-electron chi connectivity index (χ3n) is 5.36. The number of benzene rings is 2. The van der Waals surface area contributed by atoms with E-state index in [-0.39, 0.29) is 16.9 Å². The predicted octanol–water partition coefficient (Wildman–Crippen LogP) is 4.77. The number of carbonyl (C=O) groups excluding carboxylic acids is 2. The van der Waals surface area contributed by atoms with Gasteiger partial charge in [-0.2, -0.15) is 0 Å². The molecule has 3 heterocycles. The molecule has 1 saturated heterocycles. The van der Waals surface area contributed by atoms with Crippen molar-refractivity contribution in [2.24, 2.45) is 0 Å². The molecule has 6 nitrogen and oxygen atoms in total. The van der Waals surface area contributed by atoms with Crippen LogP contribution in [-0.2, 0) is 9.59 Å². The summed E-state index contributed by atoms with van der Waals surface area (Å²) in [6.45, 7) is 1.56. The number of halogens is 1. The largest absolute Gasteiger partial charge is 0.507 e. The highest BCUT2D eigenvalue weighted by Gasteiger charge is 2.48. The van der Waals surface area contributed by atoms with Crippen molar-refractivity contribution in [1.82, 2.24) is 9.97 Å². The lowest BCUT2D eigenvalue weighted by atomic mass is 9.96. The zero-order valence-corrected chi connectivity index (χ0v) is 17.6. The third kappa shape index (κ3) is 3.16. The van der Waals surface area contributed by atoms with Gasteiger partial charge in [0, 0.05) is 18.0 Å². The summed E-state index contributed by atoms with van der Waals surface area (Å²) in [6.07, 6.45) is 3.12. The van der Waals surface area contributed by atoms with Crippen LogP contribution in [0.2, 0.25) is 0 Å². The molecule has 0 saturated carbocycles. The molecule has 1 aliphatic rings. The summed E-state index contributed by atoms with van der Waals surface area (Å²) < 4.78 is 14.6. The summed E-state index contributed by atoms with van der Waals surface area (Å²) in [5, 5.41) is 11.4. The van der Waals surface area contributed by atoms with E-state index in [1.807, 2.05) is 24.3 Å². The van der Waals surface area contributed by atoms with Gasteiger partial charge in [-0.3, -0.25) is 19.5 Å². The van der Waals surface area contributed by atoms with E-state index in [0.717, 1.165) is 4.70 Å². The number of Topliss-reactive ketones (excluding diaryl/α,β-unsaturated/α-hetero) is 1. The Morgan fingerprint density at radius 2 is 1.94 bits per heavy atom. The van der Waals surface area contributed by atoms with Gasteiger partial charge in [-0.25, -0.2) is 9.37 Å². The Hall–Kier alpha value is -3.91. The van der Waals surface area contributed by atoms with Gasteiger partial charge in [-0.05, 0) is 54.4 Å². The van der Waals surface area contributed by atoms with Gasteiger partial charge in [-0.1, -0.05) is 29.5 Å². The number of pyridine rings is 1. The molecule has 1 aliphatic heterocycles. The number of carbonyl (C=O) groups is 2. The number of ketones is 1. The van der Waals surface area contributed by atoms with Gasteiger partial charge < -0.3 is 5.11 Å². The summed E-state index contributed by atoms with van der Waals surface area (Å²) in [4.78, 5) is 36.2. The van der Waals surface area contributed by atoms with Crippen LogP contribution in [0.1, 0.15) is 22.7 Å². The van der Waals surface area contributed by atoms with Gasteiger partial charge in [0.2, 0.25) is 0 Å². The minimum Gasteiger partial charge on any atom is -0.507 e. The first kappa shape index (κ1) is 20.0. The number of aryl methyl sites for hydroxylation is 1. The molecule has 0 spiro atoms. The maximum atomic E-state index is 13.8. The number of aromatic nitrogens is 2.